The van der Waals surface area contributed by atoms with Crippen LogP contribution in [0.4, 0.5) is 0 Å². The van der Waals surface area contributed by atoms with Crippen molar-refractivity contribution in [2.45, 2.75) is 90.9 Å². The molecule has 0 aromatic heterocycles. The Hall–Kier alpha value is 0. The van der Waals surface area contributed by atoms with Crippen molar-refractivity contribution in [3.63, 3.8) is 0 Å². The first-order valence-corrected chi connectivity index (χ1v) is 10.7. The normalized spacial score (nSPS) is 52.6. The fourth-order valence-electron chi connectivity index (χ4n) is 7.19. The molecule has 4 rings (SSSR count). The van der Waals surface area contributed by atoms with Gasteiger partial charge < -0.3 is 0 Å². The van der Waals surface area contributed by atoms with Crippen LogP contribution in [0.5, 0.6) is 0 Å². The van der Waals surface area contributed by atoms with E-state index in [1.165, 1.54) is 19.3 Å². The summed E-state index contributed by atoms with van der Waals surface area (Å²) >= 11 is 0. The summed E-state index contributed by atoms with van der Waals surface area (Å²) in [6.45, 7) is 5.00. The van der Waals surface area contributed by atoms with Crippen LogP contribution in [0.25, 0.3) is 0 Å². The van der Waals surface area contributed by atoms with E-state index in [1.807, 2.05) is 0 Å². The van der Waals surface area contributed by atoms with E-state index in [2.05, 4.69) is 13.8 Å². The van der Waals surface area contributed by atoms with Crippen molar-refractivity contribution in [2.24, 2.45) is 47.3 Å². The van der Waals surface area contributed by atoms with E-state index in [0.717, 1.165) is 47.3 Å². The Morgan fingerprint density at radius 3 is 1.68 bits per heavy atom. The summed E-state index contributed by atoms with van der Waals surface area (Å²) in [4.78, 5) is 0. The Bertz CT molecular complexity index is 364. The molecule has 4 fully saturated rings. The molecule has 0 aliphatic heterocycles. The Morgan fingerprint density at radius 1 is 0.455 bits per heavy atom. The van der Waals surface area contributed by atoms with Crippen LogP contribution in [0.15, 0.2) is 0 Å². The molecule has 4 aliphatic carbocycles. The fourth-order valence-corrected chi connectivity index (χ4v) is 7.19. The summed E-state index contributed by atoms with van der Waals surface area (Å²) in [7, 11) is 0. The molecule has 0 N–H and O–H groups in total. The van der Waals surface area contributed by atoms with Gasteiger partial charge in [-0.25, -0.2) is 0 Å². The molecule has 6 atom stereocenters. The van der Waals surface area contributed by atoms with Gasteiger partial charge in [0.25, 0.3) is 0 Å². The summed E-state index contributed by atoms with van der Waals surface area (Å²) < 4.78 is 0. The molecule has 0 aromatic rings. The molecule has 0 aromatic carbocycles. The Morgan fingerprint density at radius 2 is 0.955 bits per heavy atom. The van der Waals surface area contributed by atoms with Gasteiger partial charge in [0.05, 0.1) is 0 Å². The average molecular weight is 303 g/mol. The topological polar surface area (TPSA) is 0 Å². The van der Waals surface area contributed by atoms with E-state index in [-0.39, 0.29) is 0 Å². The molecule has 0 nitrogen and oxygen atoms in total. The van der Waals surface area contributed by atoms with Crippen LogP contribution in [0.2, 0.25) is 0 Å². The van der Waals surface area contributed by atoms with Gasteiger partial charge in [0.1, 0.15) is 0 Å². The maximum absolute atomic E-state index is 2.53. The van der Waals surface area contributed by atoms with E-state index in [1.54, 1.807) is 57.8 Å². The van der Waals surface area contributed by atoms with Crippen LogP contribution in [-0.2, 0) is 0 Å². The van der Waals surface area contributed by atoms with Crippen molar-refractivity contribution in [1.82, 2.24) is 0 Å². The zero-order valence-electron chi connectivity index (χ0n) is 15.1. The Balaban J connectivity index is 1.30. The lowest BCUT2D eigenvalue weighted by molar-refractivity contribution is 0.133. The summed E-state index contributed by atoms with van der Waals surface area (Å²) in [6.07, 6.45) is 18.9. The van der Waals surface area contributed by atoms with Crippen LogP contribution < -0.4 is 0 Å². The molecule has 4 saturated carbocycles. The van der Waals surface area contributed by atoms with Crippen LogP contribution in [0.3, 0.4) is 0 Å². The maximum Gasteiger partial charge on any atom is -0.0360 e. The molecule has 0 spiro atoms. The number of hydrogen-bond donors (Lipinski definition) is 0. The molecule has 6 unspecified atom stereocenters. The van der Waals surface area contributed by atoms with Gasteiger partial charge in [-0.15, -0.1) is 0 Å². The zero-order chi connectivity index (χ0) is 15.1. The standard InChI is InChI=1S/C22H38/c1-15-3-6-17(7-4-15)18-9-10-19(13-18)20-11-12-22-16(2)5-8-21(22)14-20/h15-22H,3-14H2,1-2H3. The highest BCUT2D eigenvalue weighted by Crippen LogP contribution is 2.53. The molecule has 0 bridgehead atoms. The molecule has 0 heterocycles. The predicted octanol–water partition coefficient (Wildman–Crippen LogP) is 6.69. The third kappa shape index (κ3) is 3.01. The third-order valence-corrected chi connectivity index (χ3v) is 8.71. The average Bonchev–Trinajstić information content (AvgIpc) is 3.15. The molecule has 0 heteroatoms. The zero-order valence-corrected chi connectivity index (χ0v) is 15.1. The lowest BCUT2D eigenvalue weighted by Gasteiger charge is -2.37. The quantitative estimate of drug-likeness (QED) is 0.533. The van der Waals surface area contributed by atoms with Crippen molar-refractivity contribution in [1.29, 1.82) is 0 Å². The van der Waals surface area contributed by atoms with Crippen LogP contribution in [0.1, 0.15) is 90.9 Å². The monoisotopic (exact) mass is 302 g/mol. The van der Waals surface area contributed by atoms with Crippen LogP contribution >= 0.6 is 0 Å². The largest absolute Gasteiger partial charge is 0.0625 e. The van der Waals surface area contributed by atoms with Gasteiger partial charge in [-0.1, -0.05) is 33.1 Å². The number of hydrogen-bond acceptors (Lipinski definition) is 0. The number of rotatable bonds is 2. The van der Waals surface area contributed by atoms with Crippen molar-refractivity contribution in [2.75, 3.05) is 0 Å². The molecule has 0 radical (unpaired) electrons. The second-order valence-corrected chi connectivity index (χ2v) is 9.90. The molecular weight excluding hydrogens is 264 g/mol. The second kappa shape index (κ2) is 6.48. The highest BCUT2D eigenvalue weighted by atomic mass is 14.5. The van der Waals surface area contributed by atoms with Gasteiger partial charge in [-0.05, 0) is 105 Å². The van der Waals surface area contributed by atoms with Crippen LogP contribution in [0, 0.1) is 47.3 Å². The molecule has 22 heavy (non-hydrogen) atoms. The van der Waals surface area contributed by atoms with E-state index < -0.39 is 0 Å². The first kappa shape index (κ1) is 15.5. The van der Waals surface area contributed by atoms with E-state index in [0.29, 0.717) is 0 Å². The summed E-state index contributed by atoms with van der Waals surface area (Å²) in [6, 6.07) is 0. The van der Waals surface area contributed by atoms with Crippen molar-refractivity contribution >= 4 is 0 Å². The summed E-state index contributed by atoms with van der Waals surface area (Å²) in [5.41, 5.74) is 0. The van der Waals surface area contributed by atoms with Gasteiger partial charge in [-0.3, -0.25) is 0 Å². The second-order valence-electron chi connectivity index (χ2n) is 9.90. The van der Waals surface area contributed by atoms with Crippen molar-refractivity contribution in [3.8, 4) is 0 Å². The molecule has 126 valence electrons. The van der Waals surface area contributed by atoms with Gasteiger partial charge in [-0.2, -0.15) is 0 Å². The van der Waals surface area contributed by atoms with Crippen LogP contribution in [-0.4, -0.2) is 0 Å². The minimum Gasteiger partial charge on any atom is -0.0625 e. The minimum atomic E-state index is 1.02. The predicted molar refractivity (Wildman–Crippen MR) is 94.7 cm³/mol. The van der Waals surface area contributed by atoms with E-state index in [9.17, 15) is 0 Å². The molecule has 0 saturated heterocycles. The smallest absolute Gasteiger partial charge is 0.0360 e. The highest BCUT2D eigenvalue weighted by molar-refractivity contribution is 4.93. The summed E-state index contributed by atoms with van der Waals surface area (Å²) in [5, 5.41) is 0. The first-order chi connectivity index (χ1) is 10.7. The Kier molecular flexibility index (Phi) is 4.57. The lowest BCUT2D eigenvalue weighted by atomic mass is 9.68. The third-order valence-electron chi connectivity index (χ3n) is 8.71. The van der Waals surface area contributed by atoms with Gasteiger partial charge >= 0.3 is 0 Å². The van der Waals surface area contributed by atoms with Crippen molar-refractivity contribution in [3.05, 3.63) is 0 Å². The SMILES string of the molecule is CC1CCC(C2CCC(C3CCC4C(C)CCC4C3)C2)CC1. The van der Waals surface area contributed by atoms with Gasteiger partial charge in [0.2, 0.25) is 0 Å². The van der Waals surface area contributed by atoms with Gasteiger partial charge in [0.15, 0.2) is 0 Å². The first-order valence-electron chi connectivity index (χ1n) is 10.7. The summed E-state index contributed by atoms with van der Waals surface area (Å²) in [5.74, 6) is 8.80. The number of fused-ring (bicyclic) bond motifs is 1. The minimum absolute atomic E-state index is 1.02. The molecule has 0 amide bonds. The highest BCUT2D eigenvalue weighted by Gasteiger charge is 2.42. The Labute approximate surface area is 138 Å². The lowest BCUT2D eigenvalue weighted by Crippen LogP contribution is -2.27. The fraction of sp³-hybridized carbons (Fsp3) is 1.00. The van der Waals surface area contributed by atoms with Crippen molar-refractivity contribution < 1.29 is 0 Å². The van der Waals surface area contributed by atoms with Gasteiger partial charge in [0, 0.05) is 0 Å². The maximum atomic E-state index is 2.53. The molecular formula is C22H38. The van der Waals surface area contributed by atoms with E-state index in [4.69, 9.17) is 0 Å². The molecule has 4 aliphatic rings. The van der Waals surface area contributed by atoms with E-state index >= 15 is 0 Å².